The summed E-state index contributed by atoms with van der Waals surface area (Å²) in [6.45, 7) is 4.55. The van der Waals surface area contributed by atoms with Crippen LogP contribution in [0, 0.1) is 0 Å². The number of carboxylic acids is 1. The van der Waals surface area contributed by atoms with E-state index in [1.807, 2.05) is 12.1 Å². The molecule has 1 atom stereocenters. The minimum Gasteiger partial charge on any atom is -0.493 e. The van der Waals surface area contributed by atoms with Gasteiger partial charge < -0.3 is 14.7 Å². The number of hydrogen-bond donors (Lipinski definition) is 1. The van der Waals surface area contributed by atoms with Gasteiger partial charge in [-0.3, -0.25) is 9.69 Å². The van der Waals surface area contributed by atoms with Crippen LogP contribution in [-0.4, -0.2) is 60.7 Å². The van der Waals surface area contributed by atoms with Crippen LogP contribution in [0.5, 0.6) is 5.75 Å². The summed E-state index contributed by atoms with van der Waals surface area (Å²) in [5.74, 6) is 0.210. The maximum atomic E-state index is 11.3. The third kappa shape index (κ3) is 3.19. The number of nitrogens with zero attached hydrogens (tertiary/aromatic N) is 2. The zero-order chi connectivity index (χ0) is 14.8. The fraction of sp³-hybridized carbons (Fsp3) is 0.562. The third-order valence-corrected chi connectivity index (χ3v) is 4.44. The minimum atomic E-state index is -0.740. The van der Waals surface area contributed by atoms with Gasteiger partial charge in [0.15, 0.2) is 0 Å². The van der Waals surface area contributed by atoms with E-state index in [-0.39, 0.29) is 12.5 Å². The van der Waals surface area contributed by atoms with Crippen molar-refractivity contribution in [1.29, 1.82) is 0 Å². The lowest BCUT2D eigenvalue weighted by molar-refractivity contribution is -0.138. The first-order valence-electron chi connectivity index (χ1n) is 7.53. The molecule has 21 heavy (non-hydrogen) atoms. The Morgan fingerprint density at radius 3 is 2.81 bits per heavy atom. The number of aliphatic carboxylic acids is 1. The Hall–Kier alpha value is -1.59. The molecule has 2 heterocycles. The van der Waals surface area contributed by atoms with Crippen molar-refractivity contribution in [2.24, 2.45) is 0 Å². The van der Waals surface area contributed by atoms with Gasteiger partial charge in [-0.05, 0) is 24.2 Å². The molecule has 1 aromatic rings. The van der Waals surface area contributed by atoms with Crippen molar-refractivity contribution in [3.8, 4) is 5.75 Å². The summed E-state index contributed by atoms with van der Waals surface area (Å²) < 4.78 is 5.54. The molecule has 0 bridgehead atoms. The third-order valence-electron chi connectivity index (χ3n) is 4.44. The van der Waals surface area contributed by atoms with Crippen LogP contribution in [0.2, 0.25) is 0 Å². The lowest BCUT2D eigenvalue weighted by atomic mass is 9.98. The van der Waals surface area contributed by atoms with Gasteiger partial charge in [-0.1, -0.05) is 12.1 Å². The van der Waals surface area contributed by atoms with Gasteiger partial charge in [-0.2, -0.15) is 0 Å². The summed E-state index contributed by atoms with van der Waals surface area (Å²) in [7, 11) is 2.11. The number of hydrogen-bond acceptors (Lipinski definition) is 4. The van der Waals surface area contributed by atoms with E-state index in [0.717, 1.165) is 50.5 Å². The number of ether oxygens (including phenoxy) is 1. The summed E-state index contributed by atoms with van der Waals surface area (Å²) in [4.78, 5) is 15.8. The van der Waals surface area contributed by atoms with Gasteiger partial charge in [-0.25, -0.2) is 0 Å². The highest BCUT2D eigenvalue weighted by atomic mass is 16.5. The average molecular weight is 290 g/mol. The summed E-state index contributed by atoms with van der Waals surface area (Å²) >= 11 is 0. The zero-order valence-corrected chi connectivity index (χ0v) is 12.4. The first-order valence-corrected chi connectivity index (χ1v) is 7.53. The van der Waals surface area contributed by atoms with Gasteiger partial charge in [0.1, 0.15) is 5.75 Å². The zero-order valence-electron chi connectivity index (χ0n) is 12.4. The van der Waals surface area contributed by atoms with Crippen LogP contribution in [0.25, 0.3) is 0 Å². The second kappa shape index (κ2) is 6.03. The van der Waals surface area contributed by atoms with E-state index in [9.17, 15) is 9.90 Å². The van der Waals surface area contributed by atoms with Crippen LogP contribution >= 0.6 is 0 Å². The Labute approximate surface area is 125 Å². The van der Waals surface area contributed by atoms with Crippen molar-refractivity contribution >= 4 is 5.97 Å². The molecule has 2 aliphatic rings. The van der Waals surface area contributed by atoms with Gasteiger partial charge in [0.2, 0.25) is 0 Å². The standard InChI is InChI=1S/C16H22N2O3/c1-17-5-7-18(8-6-17)14(11-16(19)20)12-2-3-15-13(10-12)4-9-21-15/h2-3,10,14H,4-9,11H2,1H3,(H,19,20). The van der Waals surface area contributed by atoms with Gasteiger partial charge in [0.05, 0.1) is 13.0 Å². The fourth-order valence-corrected chi connectivity index (χ4v) is 3.17. The summed E-state index contributed by atoms with van der Waals surface area (Å²) in [5, 5.41) is 9.26. The van der Waals surface area contributed by atoms with Gasteiger partial charge >= 0.3 is 5.97 Å². The number of likely N-dealkylation sites (N-methyl/N-ethyl adjacent to an activating group) is 1. The summed E-state index contributed by atoms with van der Waals surface area (Å²) in [6.07, 6.45) is 1.08. The highest BCUT2D eigenvalue weighted by Gasteiger charge is 2.27. The second-order valence-corrected chi connectivity index (χ2v) is 5.92. The molecule has 114 valence electrons. The second-order valence-electron chi connectivity index (χ2n) is 5.92. The van der Waals surface area contributed by atoms with Gasteiger partial charge in [-0.15, -0.1) is 0 Å². The number of carboxylic acid groups (broad SMARTS) is 1. The molecule has 2 aliphatic heterocycles. The van der Waals surface area contributed by atoms with E-state index in [2.05, 4.69) is 22.9 Å². The van der Waals surface area contributed by atoms with Crippen LogP contribution in [0.15, 0.2) is 18.2 Å². The Balaban J connectivity index is 1.83. The highest BCUT2D eigenvalue weighted by molar-refractivity contribution is 5.68. The first kappa shape index (κ1) is 14.4. The molecule has 0 aromatic heterocycles. The van der Waals surface area contributed by atoms with E-state index in [1.54, 1.807) is 0 Å². The highest BCUT2D eigenvalue weighted by Crippen LogP contribution is 2.32. The quantitative estimate of drug-likeness (QED) is 0.908. The van der Waals surface area contributed by atoms with Gasteiger partial charge in [0.25, 0.3) is 0 Å². The van der Waals surface area contributed by atoms with Crippen molar-refractivity contribution in [1.82, 2.24) is 9.80 Å². The number of fused-ring (bicyclic) bond motifs is 1. The number of piperazine rings is 1. The predicted molar refractivity (Wildman–Crippen MR) is 79.7 cm³/mol. The molecule has 5 nitrogen and oxygen atoms in total. The molecule has 1 unspecified atom stereocenters. The molecule has 0 radical (unpaired) electrons. The molecule has 1 aromatic carbocycles. The molecular formula is C16H22N2O3. The largest absolute Gasteiger partial charge is 0.493 e. The van der Waals surface area contributed by atoms with E-state index < -0.39 is 5.97 Å². The van der Waals surface area contributed by atoms with E-state index in [1.165, 1.54) is 5.56 Å². The van der Waals surface area contributed by atoms with Crippen LogP contribution in [0.1, 0.15) is 23.6 Å². The topological polar surface area (TPSA) is 53.0 Å². The molecule has 5 heteroatoms. The number of benzene rings is 1. The SMILES string of the molecule is CN1CCN(C(CC(=O)O)c2ccc3c(c2)CCO3)CC1. The molecule has 0 saturated carbocycles. The van der Waals surface area contributed by atoms with Crippen molar-refractivity contribution in [3.05, 3.63) is 29.3 Å². The van der Waals surface area contributed by atoms with Crippen molar-refractivity contribution in [2.45, 2.75) is 18.9 Å². The van der Waals surface area contributed by atoms with Crippen molar-refractivity contribution in [3.63, 3.8) is 0 Å². The minimum absolute atomic E-state index is 0.0397. The van der Waals surface area contributed by atoms with E-state index >= 15 is 0 Å². The number of carbonyl (C=O) groups is 1. The molecule has 1 saturated heterocycles. The van der Waals surface area contributed by atoms with E-state index in [4.69, 9.17) is 4.74 Å². The molecule has 0 spiro atoms. The van der Waals surface area contributed by atoms with E-state index in [0.29, 0.717) is 0 Å². The molecular weight excluding hydrogens is 268 g/mol. The monoisotopic (exact) mass is 290 g/mol. The Bertz CT molecular complexity index is 524. The summed E-state index contributed by atoms with van der Waals surface area (Å²) in [5.41, 5.74) is 2.31. The van der Waals surface area contributed by atoms with Crippen molar-refractivity contribution < 1.29 is 14.6 Å². The van der Waals surface area contributed by atoms with Gasteiger partial charge in [0, 0.05) is 38.6 Å². The maximum Gasteiger partial charge on any atom is 0.305 e. The Morgan fingerprint density at radius 2 is 2.10 bits per heavy atom. The first-order chi connectivity index (χ1) is 10.1. The van der Waals surface area contributed by atoms with Crippen LogP contribution < -0.4 is 4.74 Å². The maximum absolute atomic E-state index is 11.3. The molecule has 1 N–H and O–H groups in total. The normalized spacial score (nSPS) is 20.8. The molecule has 0 aliphatic carbocycles. The number of rotatable bonds is 4. The average Bonchev–Trinajstić information content (AvgIpc) is 2.93. The molecule has 3 rings (SSSR count). The fourth-order valence-electron chi connectivity index (χ4n) is 3.17. The van der Waals surface area contributed by atoms with Crippen LogP contribution in [-0.2, 0) is 11.2 Å². The summed E-state index contributed by atoms with van der Waals surface area (Å²) in [6, 6.07) is 6.11. The van der Waals surface area contributed by atoms with Crippen molar-refractivity contribution in [2.75, 3.05) is 39.8 Å². The molecule has 1 fully saturated rings. The molecule has 0 amide bonds. The predicted octanol–water partition coefficient (Wildman–Crippen LogP) is 1.38. The smallest absolute Gasteiger partial charge is 0.305 e. The Kier molecular flexibility index (Phi) is 4.12. The van der Waals surface area contributed by atoms with Crippen LogP contribution in [0.4, 0.5) is 0 Å². The lowest BCUT2D eigenvalue weighted by Gasteiger charge is -2.37. The lowest BCUT2D eigenvalue weighted by Crippen LogP contribution is -2.46. The Morgan fingerprint density at radius 1 is 1.33 bits per heavy atom. The van der Waals surface area contributed by atoms with Crippen LogP contribution in [0.3, 0.4) is 0 Å².